The van der Waals surface area contributed by atoms with Crippen LogP contribution in [0.5, 0.6) is 0 Å². The van der Waals surface area contributed by atoms with Crippen LogP contribution in [0.15, 0.2) is 54.2 Å². The van der Waals surface area contributed by atoms with Crippen LogP contribution < -0.4 is 5.32 Å². The van der Waals surface area contributed by atoms with E-state index in [1.165, 1.54) is 30.3 Å². The summed E-state index contributed by atoms with van der Waals surface area (Å²) in [5, 5.41) is 13.6. The number of benzene rings is 2. The molecule has 8 heteroatoms. The first-order valence-electron chi connectivity index (χ1n) is 8.01. The number of hydrogen-bond acceptors (Lipinski definition) is 5. The van der Waals surface area contributed by atoms with Crippen LogP contribution in [0.4, 0.5) is 5.69 Å². The second-order valence-corrected chi connectivity index (χ2v) is 6.21. The largest absolute Gasteiger partial charge is 0.458 e. The zero-order valence-electron chi connectivity index (χ0n) is 14.6. The quantitative estimate of drug-likeness (QED) is 0.349. The smallest absolute Gasteiger partial charge is 0.355 e. The topological polar surface area (TPSA) is 98.5 Å². The fourth-order valence-electron chi connectivity index (χ4n) is 2.15. The SMILES string of the molecule is CC(C)OC(=O)/C(=C/c1cccc([N+](=O)[O-])c1)NC(=O)c1ccccc1Cl. The van der Waals surface area contributed by atoms with Crippen LogP contribution in [-0.4, -0.2) is 22.9 Å². The zero-order valence-corrected chi connectivity index (χ0v) is 15.4. The molecular formula is C19H17ClN2O5. The van der Waals surface area contributed by atoms with Crippen molar-refractivity contribution >= 4 is 35.2 Å². The van der Waals surface area contributed by atoms with Crippen LogP contribution in [0.2, 0.25) is 5.02 Å². The molecule has 27 heavy (non-hydrogen) atoms. The van der Waals surface area contributed by atoms with E-state index in [1.54, 1.807) is 38.1 Å². The molecule has 0 aliphatic rings. The average molecular weight is 389 g/mol. The predicted octanol–water partition coefficient (Wildman–Crippen LogP) is 3.97. The van der Waals surface area contributed by atoms with Gasteiger partial charge in [-0.05, 0) is 37.6 Å². The molecule has 2 aromatic carbocycles. The Morgan fingerprint density at radius 2 is 1.89 bits per heavy atom. The van der Waals surface area contributed by atoms with Gasteiger partial charge < -0.3 is 10.1 Å². The Bertz CT molecular complexity index is 908. The molecule has 0 atom stereocenters. The third kappa shape index (κ3) is 5.65. The number of non-ortho nitro benzene ring substituents is 1. The van der Waals surface area contributed by atoms with E-state index in [-0.39, 0.29) is 22.0 Å². The molecular weight excluding hydrogens is 372 g/mol. The van der Waals surface area contributed by atoms with Gasteiger partial charge in [-0.15, -0.1) is 0 Å². The van der Waals surface area contributed by atoms with Crippen molar-refractivity contribution in [3.05, 3.63) is 80.5 Å². The maximum Gasteiger partial charge on any atom is 0.355 e. The molecule has 0 bridgehead atoms. The van der Waals surface area contributed by atoms with Crippen molar-refractivity contribution in [3.8, 4) is 0 Å². The third-order valence-corrected chi connectivity index (χ3v) is 3.65. The predicted molar refractivity (Wildman–Crippen MR) is 101 cm³/mol. The fraction of sp³-hybridized carbons (Fsp3) is 0.158. The molecule has 0 radical (unpaired) electrons. The average Bonchev–Trinajstić information content (AvgIpc) is 2.61. The molecule has 0 aliphatic heterocycles. The molecule has 0 heterocycles. The van der Waals surface area contributed by atoms with Gasteiger partial charge in [0.25, 0.3) is 11.6 Å². The Hall–Kier alpha value is -3.19. The Morgan fingerprint density at radius 3 is 2.52 bits per heavy atom. The summed E-state index contributed by atoms with van der Waals surface area (Å²) in [6.45, 7) is 3.33. The molecule has 0 saturated heterocycles. The van der Waals surface area contributed by atoms with Crippen LogP contribution in [0.25, 0.3) is 6.08 Å². The lowest BCUT2D eigenvalue weighted by molar-refractivity contribution is -0.384. The van der Waals surface area contributed by atoms with Crippen LogP contribution in [-0.2, 0) is 9.53 Å². The van der Waals surface area contributed by atoms with Crippen LogP contribution in [0.1, 0.15) is 29.8 Å². The van der Waals surface area contributed by atoms with E-state index in [0.717, 1.165) is 0 Å². The maximum absolute atomic E-state index is 12.5. The number of carbonyl (C=O) groups is 2. The van der Waals surface area contributed by atoms with E-state index in [4.69, 9.17) is 16.3 Å². The molecule has 0 aliphatic carbocycles. The first-order valence-corrected chi connectivity index (χ1v) is 8.38. The molecule has 1 N–H and O–H groups in total. The number of nitrogens with one attached hydrogen (secondary N) is 1. The fourth-order valence-corrected chi connectivity index (χ4v) is 2.37. The lowest BCUT2D eigenvalue weighted by atomic mass is 10.1. The normalized spacial score (nSPS) is 11.2. The highest BCUT2D eigenvalue weighted by molar-refractivity contribution is 6.34. The number of carbonyl (C=O) groups excluding carboxylic acids is 2. The summed E-state index contributed by atoms with van der Waals surface area (Å²) in [5.41, 5.74) is 0.243. The molecule has 1 amide bonds. The molecule has 2 aromatic rings. The van der Waals surface area contributed by atoms with E-state index < -0.39 is 22.9 Å². The van der Waals surface area contributed by atoms with Crippen molar-refractivity contribution in [2.24, 2.45) is 0 Å². The van der Waals surface area contributed by atoms with Gasteiger partial charge in [0.2, 0.25) is 0 Å². The van der Waals surface area contributed by atoms with Gasteiger partial charge in [-0.25, -0.2) is 4.79 Å². The molecule has 0 aromatic heterocycles. The number of hydrogen-bond donors (Lipinski definition) is 1. The first kappa shape index (κ1) is 20.1. The number of nitro benzene ring substituents is 1. The lowest BCUT2D eigenvalue weighted by Gasteiger charge is -2.13. The second kappa shape index (κ2) is 8.95. The molecule has 0 unspecified atom stereocenters. The maximum atomic E-state index is 12.5. The Labute approximate surface area is 160 Å². The molecule has 0 fully saturated rings. The van der Waals surface area contributed by atoms with Gasteiger partial charge in [-0.1, -0.05) is 35.9 Å². The number of esters is 1. The molecule has 0 saturated carbocycles. The summed E-state index contributed by atoms with van der Waals surface area (Å²) in [5.74, 6) is -1.37. The van der Waals surface area contributed by atoms with Gasteiger partial charge in [-0.2, -0.15) is 0 Å². The summed E-state index contributed by atoms with van der Waals surface area (Å²) in [6.07, 6.45) is 0.898. The first-order chi connectivity index (χ1) is 12.8. The highest BCUT2D eigenvalue weighted by Crippen LogP contribution is 2.18. The molecule has 2 rings (SSSR count). The van der Waals surface area contributed by atoms with Crippen molar-refractivity contribution < 1.29 is 19.2 Å². The minimum atomic E-state index is -0.767. The van der Waals surface area contributed by atoms with Gasteiger partial charge >= 0.3 is 5.97 Å². The summed E-state index contributed by atoms with van der Waals surface area (Å²) >= 11 is 6.01. The Kier molecular flexibility index (Phi) is 6.67. The molecule has 0 spiro atoms. The monoisotopic (exact) mass is 388 g/mol. The number of nitro groups is 1. The Morgan fingerprint density at radius 1 is 1.19 bits per heavy atom. The number of ether oxygens (including phenoxy) is 1. The minimum Gasteiger partial charge on any atom is -0.458 e. The third-order valence-electron chi connectivity index (χ3n) is 3.32. The number of rotatable bonds is 6. The summed E-state index contributed by atoms with van der Waals surface area (Å²) in [7, 11) is 0. The van der Waals surface area contributed by atoms with E-state index >= 15 is 0 Å². The van der Waals surface area contributed by atoms with Crippen molar-refractivity contribution in [2.75, 3.05) is 0 Å². The highest BCUT2D eigenvalue weighted by atomic mass is 35.5. The lowest BCUT2D eigenvalue weighted by Crippen LogP contribution is -2.29. The van der Waals surface area contributed by atoms with Gasteiger partial charge in [0, 0.05) is 12.1 Å². The summed E-state index contributed by atoms with van der Waals surface area (Å²) < 4.78 is 5.14. The van der Waals surface area contributed by atoms with E-state index in [1.807, 2.05) is 0 Å². The number of nitrogens with zero attached hydrogens (tertiary/aromatic N) is 1. The van der Waals surface area contributed by atoms with E-state index in [9.17, 15) is 19.7 Å². The van der Waals surface area contributed by atoms with Gasteiger partial charge in [-0.3, -0.25) is 14.9 Å². The van der Waals surface area contributed by atoms with E-state index in [0.29, 0.717) is 5.56 Å². The zero-order chi connectivity index (χ0) is 20.0. The van der Waals surface area contributed by atoms with Crippen molar-refractivity contribution in [3.63, 3.8) is 0 Å². The van der Waals surface area contributed by atoms with Crippen molar-refractivity contribution in [1.82, 2.24) is 5.32 Å². The standard InChI is InChI=1S/C19H17ClN2O5/c1-12(2)27-19(24)17(11-13-6-5-7-14(10-13)22(25)26)21-18(23)15-8-3-4-9-16(15)20/h3-12H,1-2H3,(H,21,23)/b17-11-. The molecule has 140 valence electrons. The van der Waals surface area contributed by atoms with Crippen LogP contribution >= 0.6 is 11.6 Å². The number of amides is 1. The van der Waals surface area contributed by atoms with E-state index in [2.05, 4.69) is 5.32 Å². The number of halogens is 1. The highest BCUT2D eigenvalue weighted by Gasteiger charge is 2.19. The van der Waals surface area contributed by atoms with Crippen LogP contribution in [0.3, 0.4) is 0 Å². The second-order valence-electron chi connectivity index (χ2n) is 5.80. The van der Waals surface area contributed by atoms with Crippen molar-refractivity contribution in [2.45, 2.75) is 20.0 Å². The van der Waals surface area contributed by atoms with Gasteiger partial charge in [0.15, 0.2) is 0 Å². The minimum absolute atomic E-state index is 0.141. The van der Waals surface area contributed by atoms with Crippen LogP contribution in [0, 0.1) is 10.1 Å². The van der Waals surface area contributed by atoms with Gasteiger partial charge in [0.1, 0.15) is 5.70 Å². The van der Waals surface area contributed by atoms with Gasteiger partial charge in [0.05, 0.1) is 21.6 Å². The summed E-state index contributed by atoms with van der Waals surface area (Å²) in [4.78, 5) is 35.2. The van der Waals surface area contributed by atoms with Crippen molar-refractivity contribution in [1.29, 1.82) is 0 Å². The summed E-state index contributed by atoms with van der Waals surface area (Å²) in [6, 6.07) is 12.0. The Balaban J connectivity index is 2.38. The molecule has 7 nitrogen and oxygen atoms in total.